The van der Waals surface area contributed by atoms with E-state index < -0.39 is 11.4 Å². The third kappa shape index (κ3) is 2.54. The molecule has 3 amide bonds. The van der Waals surface area contributed by atoms with Gasteiger partial charge in [0.25, 0.3) is 0 Å². The van der Waals surface area contributed by atoms with Crippen LogP contribution in [0.3, 0.4) is 0 Å². The normalized spacial score (nSPS) is 19.6. The molecule has 1 heterocycles. The summed E-state index contributed by atoms with van der Waals surface area (Å²) in [5.41, 5.74) is -0.154. The van der Waals surface area contributed by atoms with Gasteiger partial charge in [-0.2, -0.15) is 0 Å². The molecule has 6 heteroatoms. The number of nitrogens with zero attached hydrogens (tertiary/aromatic N) is 1. The van der Waals surface area contributed by atoms with Gasteiger partial charge < -0.3 is 0 Å². The molecule has 0 bridgehead atoms. The molecular formula is C14H16ClN3O2. The second-order valence-corrected chi connectivity index (χ2v) is 5.07. The summed E-state index contributed by atoms with van der Waals surface area (Å²) in [6, 6.07) is 6.37. The number of imide groups is 1. The lowest BCUT2D eigenvalue weighted by molar-refractivity contribution is -0.127. The lowest BCUT2D eigenvalue weighted by atomic mass is 9.78. The highest BCUT2D eigenvalue weighted by Crippen LogP contribution is 2.31. The molecular weight excluding hydrogens is 278 g/mol. The van der Waals surface area contributed by atoms with Crippen LogP contribution in [0.4, 0.5) is 10.5 Å². The minimum atomic E-state index is -0.798. The van der Waals surface area contributed by atoms with Crippen molar-refractivity contribution < 1.29 is 9.59 Å². The third-order valence-electron chi connectivity index (χ3n) is 3.62. The Morgan fingerprint density at radius 3 is 2.25 bits per heavy atom. The van der Waals surface area contributed by atoms with E-state index in [9.17, 15) is 9.59 Å². The Morgan fingerprint density at radius 2 is 1.70 bits per heavy atom. The van der Waals surface area contributed by atoms with Crippen LogP contribution in [0.5, 0.6) is 0 Å². The van der Waals surface area contributed by atoms with Gasteiger partial charge in [-0.1, -0.05) is 25.4 Å². The van der Waals surface area contributed by atoms with Crippen molar-refractivity contribution in [2.45, 2.75) is 26.7 Å². The van der Waals surface area contributed by atoms with Gasteiger partial charge in [-0.15, -0.1) is 0 Å². The molecule has 1 aromatic carbocycles. The summed E-state index contributed by atoms with van der Waals surface area (Å²) >= 11 is 5.83. The van der Waals surface area contributed by atoms with Crippen LogP contribution < -0.4 is 10.6 Å². The maximum Gasteiger partial charge on any atom is 0.326 e. The highest BCUT2D eigenvalue weighted by molar-refractivity contribution is 6.30. The minimum Gasteiger partial charge on any atom is -0.295 e. The first-order valence-corrected chi connectivity index (χ1v) is 6.87. The maximum absolute atomic E-state index is 12.2. The van der Waals surface area contributed by atoms with Crippen molar-refractivity contribution in [3.05, 3.63) is 29.3 Å². The number of benzene rings is 1. The number of nitrogens with one attached hydrogen (secondary N) is 2. The van der Waals surface area contributed by atoms with E-state index in [2.05, 4.69) is 15.6 Å². The number of halogens is 1. The largest absolute Gasteiger partial charge is 0.326 e. The molecule has 0 saturated carbocycles. The third-order valence-corrected chi connectivity index (χ3v) is 3.87. The molecule has 1 fully saturated rings. The summed E-state index contributed by atoms with van der Waals surface area (Å²) in [7, 11) is 0. The molecule has 5 nitrogen and oxygen atoms in total. The molecule has 20 heavy (non-hydrogen) atoms. The lowest BCUT2D eigenvalue weighted by Crippen LogP contribution is -2.62. The second-order valence-electron chi connectivity index (χ2n) is 4.63. The summed E-state index contributed by atoms with van der Waals surface area (Å²) in [4.78, 5) is 28.1. The average molecular weight is 294 g/mol. The smallest absolute Gasteiger partial charge is 0.295 e. The fraction of sp³-hybridized carbons (Fsp3) is 0.357. The van der Waals surface area contributed by atoms with Crippen molar-refractivity contribution in [2.75, 3.05) is 0 Å². The fourth-order valence-electron chi connectivity index (χ4n) is 2.27. The Labute approximate surface area is 122 Å². The zero-order valence-electron chi connectivity index (χ0n) is 11.4. The first-order valence-electron chi connectivity index (χ1n) is 6.49. The number of aliphatic imine (C=N–C) groups is 1. The van der Waals surface area contributed by atoms with Crippen LogP contribution in [0.1, 0.15) is 26.7 Å². The topological polar surface area (TPSA) is 70.6 Å². The SMILES string of the molecule is CCC1(CC)C(=O)NC(=O)NC1=Nc1ccc(Cl)cc1. The second kappa shape index (κ2) is 5.63. The van der Waals surface area contributed by atoms with Crippen LogP contribution in [0.15, 0.2) is 29.3 Å². The first-order chi connectivity index (χ1) is 9.51. The van der Waals surface area contributed by atoms with Gasteiger partial charge in [-0.3, -0.25) is 15.4 Å². The summed E-state index contributed by atoms with van der Waals surface area (Å²) in [5.74, 6) is 0.0811. The van der Waals surface area contributed by atoms with Crippen LogP contribution in [0.25, 0.3) is 0 Å². The fourth-order valence-corrected chi connectivity index (χ4v) is 2.40. The van der Waals surface area contributed by atoms with E-state index in [1.165, 1.54) is 0 Å². The highest BCUT2D eigenvalue weighted by Gasteiger charge is 2.45. The quantitative estimate of drug-likeness (QED) is 0.899. The molecule has 0 spiro atoms. The van der Waals surface area contributed by atoms with Crippen molar-refractivity contribution in [2.24, 2.45) is 10.4 Å². The van der Waals surface area contributed by atoms with Crippen LogP contribution in [0.2, 0.25) is 5.02 Å². The first kappa shape index (κ1) is 14.5. The Morgan fingerprint density at radius 1 is 1.10 bits per heavy atom. The van der Waals surface area contributed by atoms with Crippen LogP contribution in [-0.2, 0) is 4.79 Å². The van der Waals surface area contributed by atoms with E-state index in [1.807, 2.05) is 13.8 Å². The van der Waals surface area contributed by atoms with Gasteiger partial charge in [0.05, 0.1) is 5.69 Å². The summed E-state index contributed by atoms with van der Waals surface area (Å²) in [6.45, 7) is 3.80. The van der Waals surface area contributed by atoms with Gasteiger partial charge in [0.1, 0.15) is 11.3 Å². The van der Waals surface area contributed by atoms with Gasteiger partial charge in [0.2, 0.25) is 5.91 Å². The minimum absolute atomic E-state index is 0.307. The number of amidine groups is 1. The number of hydrogen-bond donors (Lipinski definition) is 2. The predicted octanol–water partition coefficient (Wildman–Crippen LogP) is 3.02. The highest BCUT2D eigenvalue weighted by atomic mass is 35.5. The van der Waals surface area contributed by atoms with E-state index in [1.54, 1.807) is 24.3 Å². The van der Waals surface area contributed by atoms with E-state index in [-0.39, 0.29) is 5.91 Å². The summed E-state index contributed by atoms with van der Waals surface area (Å²) in [6.07, 6.45) is 1.12. The molecule has 0 unspecified atom stereocenters. The number of carbonyl (C=O) groups is 2. The molecule has 2 N–H and O–H groups in total. The Bertz CT molecular complexity index is 562. The van der Waals surface area contributed by atoms with Gasteiger partial charge in [0.15, 0.2) is 0 Å². The Kier molecular flexibility index (Phi) is 4.09. The molecule has 1 saturated heterocycles. The van der Waals surface area contributed by atoms with Gasteiger partial charge in [-0.25, -0.2) is 9.79 Å². The zero-order valence-corrected chi connectivity index (χ0v) is 12.1. The van der Waals surface area contributed by atoms with Crippen molar-refractivity contribution in [1.29, 1.82) is 0 Å². The number of urea groups is 1. The van der Waals surface area contributed by atoms with Gasteiger partial charge in [-0.05, 0) is 37.1 Å². The summed E-state index contributed by atoms with van der Waals surface area (Å²) < 4.78 is 0. The number of amides is 3. The van der Waals surface area contributed by atoms with Crippen molar-refractivity contribution >= 4 is 35.1 Å². The molecule has 0 aromatic heterocycles. The molecule has 0 aliphatic carbocycles. The van der Waals surface area contributed by atoms with Gasteiger partial charge in [0, 0.05) is 5.02 Å². The number of rotatable bonds is 3. The van der Waals surface area contributed by atoms with Crippen molar-refractivity contribution in [3.8, 4) is 0 Å². The van der Waals surface area contributed by atoms with Gasteiger partial charge >= 0.3 is 6.03 Å². The predicted molar refractivity (Wildman–Crippen MR) is 78.2 cm³/mol. The van der Waals surface area contributed by atoms with Crippen LogP contribution >= 0.6 is 11.6 Å². The molecule has 1 aliphatic heterocycles. The van der Waals surface area contributed by atoms with E-state index in [4.69, 9.17) is 11.6 Å². The van der Waals surface area contributed by atoms with Crippen molar-refractivity contribution in [3.63, 3.8) is 0 Å². The zero-order chi connectivity index (χ0) is 14.8. The van der Waals surface area contributed by atoms with Crippen LogP contribution in [-0.4, -0.2) is 17.8 Å². The van der Waals surface area contributed by atoms with Crippen LogP contribution in [0, 0.1) is 5.41 Å². The Balaban J connectivity index is 2.46. The van der Waals surface area contributed by atoms with Crippen molar-refractivity contribution in [1.82, 2.24) is 10.6 Å². The molecule has 0 radical (unpaired) electrons. The van der Waals surface area contributed by atoms with E-state index >= 15 is 0 Å². The van der Waals surface area contributed by atoms with E-state index in [0.717, 1.165) is 0 Å². The maximum atomic E-state index is 12.2. The molecule has 1 aromatic rings. The Hall–Kier alpha value is -1.88. The average Bonchev–Trinajstić information content (AvgIpc) is 2.42. The monoisotopic (exact) mass is 293 g/mol. The summed E-state index contributed by atoms with van der Waals surface area (Å²) in [5, 5.41) is 5.56. The molecule has 2 rings (SSSR count). The van der Waals surface area contributed by atoms with E-state index in [0.29, 0.717) is 29.4 Å². The molecule has 1 aliphatic rings. The molecule has 0 atom stereocenters. The number of hydrogen-bond acceptors (Lipinski definition) is 3. The standard InChI is InChI=1S/C14H16ClN3O2/c1-3-14(4-2)11(17-13(20)18-12(14)19)16-10-7-5-9(15)6-8-10/h5-8H,3-4H2,1-2H3,(H2,16,17,18,19,20). The number of carbonyl (C=O) groups excluding carboxylic acids is 2. The lowest BCUT2D eigenvalue weighted by Gasteiger charge is -2.35. The molecule has 106 valence electrons.